The van der Waals surface area contributed by atoms with Gasteiger partial charge < -0.3 is 10.4 Å². The van der Waals surface area contributed by atoms with Crippen LogP contribution in [0.5, 0.6) is 0 Å². The van der Waals surface area contributed by atoms with Gasteiger partial charge in [-0.25, -0.2) is 0 Å². The summed E-state index contributed by atoms with van der Waals surface area (Å²) in [7, 11) is 0. The Labute approximate surface area is 92.9 Å². The molecule has 0 bridgehead atoms. The minimum atomic E-state index is -0.443. The molecule has 2 N–H and O–H groups in total. The zero-order valence-electron chi connectivity index (χ0n) is 8.70. The van der Waals surface area contributed by atoms with Crippen LogP contribution >= 0.6 is 11.8 Å². The Kier molecular flexibility index (Phi) is 2.48. The molecule has 2 rings (SSSR count). The van der Waals surface area contributed by atoms with Crippen molar-refractivity contribution in [1.29, 1.82) is 0 Å². The van der Waals surface area contributed by atoms with Gasteiger partial charge in [-0.15, -0.1) is 11.8 Å². The summed E-state index contributed by atoms with van der Waals surface area (Å²) in [5.41, 5.74) is 1.70. The first-order valence-corrected chi connectivity index (χ1v) is 5.59. The molecule has 1 aromatic carbocycles. The summed E-state index contributed by atoms with van der Waals surface area (Å²) in [5.74, 6) is 0.0248. The summed E-state index contributed by atoms with van der Waals surface area (Å²) in [6.07, 6.45) is 0. The first kappa shape index (κ1) is 10.5. The third-order valence-electron chi connectivity index (χ3n) is 2.39. The van der Waals surface area contributed by atoms with E-state index in [2.05, 4.69) is 5.32 Å². The predicted octanol–water partition coefficient (Wildman–Crippen LogP) is 2.00. The van der Waals surface area contributed by atoms with E-state index in [1.807, 2.05) is 32.0 Å². The van der Waals surface area contributed by atoms with Crippen LogP contribution in [0.3, 0.4) is 0 Å². The van der Waals surface area contributed by atoms with Gasteiger partial charge in [0.1, 0.15) is 0 Å². The third-order valence-corrected chi connectivity index (χ3v) is 3.64. The summed E-state index contributed by atoms with van der Waals surface area (Å²) in [6, 6.07) is 5.57. The highest BCUT2D eigenvalue weighted by Gasteiger charge is 2.34. The van der Waals surface area contributed by atoms with Crippen LogP contribution in [0.4, 0.5) is 5.69 Å². The molecule has 80 valence electrons. The standard InChI is InChI=1S/C11H13NO2S/c1-11(2)10(14)12-8-4-3-7(6-13)5-9(8)15-11/h3-5,13H,6H2,1-2H3,(H,12,14). The summed E-state index contributed by atoms with van der Waals surface area (Å²) >= 11 is 1.53. The van der Waals surface area contributed by atoms with Crippen molar-refractivity contribution in [2.75, 3.05) is 5.32 Å². The number of fused-ring (bicyclic) bond motifs is 1. The first-order chi connectivity index (χ1) is 7.03. The van der Waals surface area contributed by atoms with Crippen LogP contribution in [-0.4, -0.2) is 15.8 Å². The van der Waals surface area contributed by atoms with Crippen LogP contribution in [0.2, 0.25) is 0 Å². The molecular weight excluding hydrogens is 210 g/mol. The molecule has 0 fully saturated rings. The predicted molar refractivity (Wildman–Crippen MR) is 60.9 cm³/mol. The fraction of sp³-hybridized carbons (Fsp3) is 0.364. The van der Waals surface area contributed by atoms with Crippen LogP contribution in [0.1, 0.15) is 19.4 Å². The van der Waals surface area contributed by atoms with E-state index in [-0.39, 0.29) is 12.5 Å². The molecule has 0 unspecified atom stereocenters. The Morgan fingerprint density at radius 1 is 1.47 bits per heavy atom. The number of aliphatic hydroxyl groups is 1. The summed E-state index contributed by atoms with van der Waals surface area (Å²) in [4.78, 5) is 12.7. The Morgan fingerprint density at radius 3 is 2.87 bits per heavy atom. The third kappa shape index (κ3) is 1.87. The second-order valence-corrected chi connectivity index (χ2v) is 5.72. The molecule has 4 heteroatoms. The number of benzene rings is 1. The molecule has 1 aliphatic heterocycles. The summed E-state index contributed by atoms with van der Waals surface area (Å²) in [6.45, 7) is 3.81. The number of carbonyl (C=O) groups is 1. The lowest BCUT2D eigenvalue weighted by Crippen LogP contribution is -2.37. The molecular formula is C11H13NO2S. The molecule has 1 aliphatic rings. The molecule has 0 saturated carbocycles. The fourth-order valence-electron chi connectivity index (χ4n) is 1.45. The molecule has 0 aromatic heterocycles. The van der Waals surface area contributed by atoms with E-state index < -0.39 is 4.75 Å². The molecule has 1 amide bonds. The Hall–Kier alpha value is -1.00. The van der Waals surface area contributed by atoms with Gasteiger partial charge in [-0.2, -0.15) is 0 Å². The van der Waals surface area contributed by atoms with Crippen LogP contribution in [0.15, 0.2) is 23.1 Å². The number of aliphatic hydroxyl groups excluding tert-OH is 1. The minimum Gasteiger partial charge on any atom is -0.392 e. The van der Waals surface area contributed by atoms with Crippen molar-refractivity contribution in [3.8, 4) is 0 Å². The van der Waals surface area contributed by atoms with E-state index in [0.717, 1.165) is 16.1 Å². The topological polar surface area (TPSA) is 49.3 Å². The number of rotatable bonds is 1. The minimum absolute atomic E-state index is 0.0248. The van der Waals surface area contributed by atoms with Gasteiger partial charge in [0.2, 0.25) is 5.91 Å². The summed E-state index contributed by atoms with van der Waals surface area (Å²) in [5, 5.41) is 11.9. The maximum absolute atomic E-state index is 11.7. The number of hydrogen-bond donors (Lipinski definition) is 2. The van der Waals surface area contributed by atoms with Gasteiger partial charge in [0.15, 0.2) is 0 Å². The average molecular weight is 223 g/mol. The molecule has 0 atom stereocenters. The molecule has 0 saturated heterocycles. The highest BCUT2D eigenvalue weighted by atomic mass is 32.2. The number of hydrogen-bond acceptors (Lipinski definition) is 3. The average Bonchev–Trinajstić information content (AvgIpc) is 2.18. The summed E-state index contributed by atoms with van der Waals surface area (Å²) < 4.78 is -0.443. The van der Waals surface area contributed by atoms with E-state index in [0.29, 0.717) is 0 Å². The maximum atomic E-state index is 11.7. The Morgan fingerprint density at radius 2 is 2.20 bits per heavy atom. The molecule has 0 spiro atoms. The van der Waals surface area contributed by atoms with Gasteiger partial charge in [0, 0.05) is 4.90 Å². The van der Waals surface area contributed by atoms with Gasteiger partial charge in [-0.05, 0) is 31.5 Å². The number of nitrogens with one attached hydrogen (secondary N) is 1. The van der Waals surface area contributed by atoms with Crippen LogP contribution < -0.4 is 5.32 Å². The monoisotopic (exact) mass is 223 g/mol. The second-order valence-electron chi connectivity index (χ2n) is 4.06. The molecule has 15 heavy (non-hydrogen) atoms. The van der Waals surface area contributed by atoms with E-state index in [1.165, 1.54) is 11.8 Å². The number of amides is 1. The number of thioether (sulfide) groups is 1. The largest absolute Gasteiger partial charge is 0.392 e. The smallest absolute Gasteiger partial charge is 0.240 e. The van der Waals surface area contributed by atoms with Crippen molar-refractivity contribution in [3.05, 3.63) is 23.8 Å². The van der Waals surface area contributed by atoms with Gasteiger partial charge in [-0.3, -0.25) is 4.79 Å². The van der Waals surface area contributed by atoms with Gasteiger partial charge in [-0.1, -0.05) is 6.07 Å². The highest BCUT2D eigenvalue weighted by Crippen LogP contribution is 2.42. The quantitative estimate of drug-likeness (QED) is 0.765. The van der Waals surface area contributed by atoms with E-state index in [9.17, 15) is 4.79 Å². The van der Waals surface area contributed by atoms with Crippen molar-refractivity contribution >= 4 is 23.4 Å². The zero-order chi connectivity index (χ0) is 11.1. The van der Waals surface area contributed by atoms with Crippen molar-refractivity contribution in [1.82, 2.24) is 0 Å². The van der Waals surface area contributed by atoms with E-state index >= 15 is 0 Å². The fourth-order valence-corrected chi connectivity index (χ4v) is 2.58. The SMILES string of the molecule is CC1(C)Sc2cc(CO)ccc2NC1=O. The van der Waals surface area contributed by atoms with Crippen LogP contribution in [0, 0.1) is 0 Å². The number of carbonyl (C=O) groups excluding carboxylic acids is 1. The molecule has 1 aromatic rings. The van der Waals surface area contributed by atoms with Crippen molar-refractivity contribution in [2.24, 2.45) is 0 Å². The van der Waals surface area contributed by atoms with Gasteiger partial charge in [0.25, 0.3) is 0 Å². The lowest BCUT2D eigenvalue weighted by Gasteiger charge is -2.29. The maximum Gasteiger partial charge on any atom is 0.240 e. The van der Waals surface area contributed by atoms with Crippen LogP contribution in [-0.2, 0) is 11.4 Å². The van der Waals surface area contributed by atoms with Crippen molar-refractivity contribution in [3.63, 3.8) is 0 Å². The van der Waals surface area contributed by atoms with E-state index in [4.69, 9.17) is 5.11 Å². The Bertz CT molecular complexity index is 415. The molecule has 0 radical (unpaired) electrons. The van der Waals surface area contributed by atoms with Gasteiger partial charge in [0.05, 0.1) is 17.0 Å². The first-order valence-electron chi connectivity index (χ1n) is 4.77. The second kappa shape index (κ2) is 3.54. The highest BCUT2D eigenvalue weighted by molar-refractivity contribution is 8.01. The van der Waals surface area contributed by atoms with Crippen molar-refractivity contribution in [2.45, 2.75) is 30.1 Å². The van der Waals surface area contributed by atoms with Crippen LogP contribution in [0.25, 0.3) is 0 Å². The van der Waals surface area contributed by atoms with Crippen molar-refractivity contribution < 1.29 is 9.90 Å². The zero-order valence-corrected chi connectivity index (χ0v) is 9.52. The lowest BCUT2D eigenvalue weighted by atomic mass is 10.1. The van der Waals surface area contributed by atoms with Gasteiger partial charge >= 0.3 is 0 Å². The molecule has 1 heterocycles. The molecule has 0 aliphatic carbocycles. The normalized spacial score (nSPS) is 18.2. The van der Waals surface area contributed by atoms with E-state index in [1.54, 1.807) is 0 Å². The number of anilines is 1. The lowest BCUT2D eigenvalue weighted by molar-refractivity contribution is -0.117. The Balaban J connectivity index is 2.42. The molecule has 3 nitrogen and oxygen atoms in total.